The second kappa shape index (κ2) is 10.1. The third-order valence-corrected chi connectivity index (χ3v) is 9.69. The minimum absolute atomic E-state index is 0.0247. The number of anilines is 2. The first kappa shape index (κ1) is 27.1. The number of phosphoric acid groups is 1. The molecule has 18 nitrogen and oxygen atoms in total. The molecule has 4 aromatic rings. The van der Waals surface area contributed by atoms with E-state index in [0.29, 0.717) is 17.6 Å². The molecule has 4 aromatic heterocycles. The zero-order valence-corrected chi connectivity index (χ0v) is 22.7. The van der Waals surface area contributed by atoms with Gasteiger partial charge in [0.25, 0.3) is 5.56 Å². The second-order valence-corrected chi connectivity index (χ2v) is 12.9. The number of hydrogen-bond acceptors (Lipinski definition) is 14. The van der Waals surface area contributed by atoms with E-state index in [9.17, 15) is 24.5 Å². The number of rotatable bonds is 3. The smallest absolute Gasteiger partial charge is 0.390 e. The first-order chi connectivity index (χ1) is 19.0. The van der Waals surface area contributed by atoms with Crippen molar-refractivity contribution in [3.63, 3.8) is 0 Å². The molecule has 20 heteroatoms. The summed E-state index contributed by atoms with van der Waals surface area (Å²) in [5.74, 6) is -0.0261. The summed E-state index contributed by atoms with van der Waals surface area (Å²) in [5, 5.41) is 22.6. The van der Waals surface area contributed by atoms with Crippen molar-refractivity contribution in [1.29, 1.82) is 0 Å². The number of aromatic nitrogens is 8. The summed E-state index contributed by atoms with van der Waals surface area (Å²) >= 11 is 0. The average molecular weight is 596 g/mol. The number of imidazole rings is 2. The Morgan fingerprint density at radius 3 is 2.77 bits per heavy atom. The molecule has 6 heterocycles. The lowest BCUT2D eigenvalue weighted by atomic mass is 10.1. The van der Waals surface area contributed by atoms with Gasteiger partial charge in [0.05, 0.1) is 31.5 Å². The van der Waals surface area contributed by atoms with Crippen molar-refractivity contribution in [2.75, 3.05) is 18.1 Å². The molecule has 0 amide bonds. The molecule has 2 aliphatic heterocycles. The van der Waals surface area contributed by atoms with Gasteiger partial charge in [-0.05, 0) is 6.42 Å². The highest BCUT2D eigenvalue weighted by Crippen LogP contribution is 2.52. The molecule has 2 saturated heterocycles. The van der Waals surface area contributed by atoms with E-state index in [1.807, 2.05) is 0 Å². The third-order valence-electron chi connectivity index (χ3n) is 6.89. The summed E-state index contributed by atoms with van der Waals surface area (Å²) in [7, 11) is -4.81. The Kier molecular flexibility index (Phi) is 6.83. The molecule has 0 radical (unpaired) electrons. The minimum atomic E-state index is -4.84. The van der Waals surface area contributed by atoms with Gasteiger partial charge in [-0.25, -0.2) is 24.5 Å². The second-order valence-electron chi connectivity index (χ2n) is 9.54. The van der Waals surface area contributed by atoms with E-state index in [4.69, 9.17) is 25.3 Å². The van der Waals surface area contributed by atoms with Gasteiger partial charge in [-0.3, -0.25) is 28.0 Å². The number of nitrogen functional groups attached to an aromatic ring is 2. The molecule has 0 saturated carbocycles. The number of H-pyrrole nitrogens is 1. The van der Waals surface area contributed by atoms with E-state index in [-0.39, 0.29) is 43.8 Å². The maximum absolute atomic E-state index is 13.0. The number of nitrogens with one attached hydrogen (secondary N) is 1. The molecule has 0 spiro atoms. The number of ether oxygens (including phenoxy) is 1. The van der Waals surface area contributed by atoms with E-state index in [1.165, 1.54) is 12.7 Å². The van der Waals surface area contributed by atoms with Crippen molar-refractivity contribution >= 4 is 50.5 Å². The van der Waals surface area contributed by atoms with Gasteiger partial charge in [-0.1, -0.05) is 6.92 Å². The maximum Gasteiger partial charge on any atom is 0.472 e. The highest BCUT2D eigenvalue weighted by molar-refractivity contribution is 7.47. The van der Waals surface area contributed by atoms with Crippen LogP contribution in [0, 0.1) is 0 Å². The lowest BCUT2D eigenvalue weighted by Gasteiger charge is -2.34. The average Bonchev–Trinajstić information content (AvgIpc) is 3.62. The molecule has 2 aliphatic rings. The Bertz CT molecular complexity index is 1680. The predicted molar refractivity (Wildman–Crippen MR) is 140 cm³/mol. The van der Waals surface area contributed by atoms with Crippen LogP contribution in [0.25, 0.3) is 22.3 Å². The summed E-state index contributed by atoms with van der Waals surface area (Å²) in [6.07, 6.45) is -1.78. The Labute approximate surface area is 226 Å². The molecule has 8 N–H and O–H groups in total. The summed E-state index contributed by atoms with van der Waals surface area (Å²) in [6.45, 7) is 1.42. The van der Waals surface area contributed by atoms with Crippen LogP contribution < -0.4 is 17.0 Å². The molecular weight excluding hydrogens is 570 g/mol. The van der Waals surface area contributed by atoms with Gasteiger partial charge in [0.1, 0.15) is 24.2 Å². The normalized spacial score (nSPS) is 32.9. The fourth-order valence-corrected chi connectivity index (χ4v) is 7.81. The van der Waals surface area contributed by atoms with Gasteiger partial charge in [0, 0.05) is 11.3 Å². The first-order valence-corrected chi connectivity index (χ1v) is 14.8. The number of hydrogen-bond donors (Lipinski definition) is 6. The zero-order chi connectivity index (χ0) is 28.3. The van der Waals surface area contributed by atoms with Gasteiger partial charge < -0.3 is 31.3 Å². The maximum atomic E-state index is 13.0. The van der Waals surface area contributed by atoms with Crippen LogP contribution in [0.1, 0.15) is 25.8 Å². The Balaban J connectivity index is 1.34. The molecule has 9 atom stereocenters. The lowest BCUT2D eigenvalue weighted by Crippen LogP contribution is -2.42. The highest BCUT2D eigenvalue weighted by atomic mass is 31.2. The van der Waals surface area contributed by atoms with Crippen LogP contribution in [-0.2, 0) is 18.3 Å². The number of fused-ring (bicyclic) bond motifs is 4. The summed E-state index contributed by atoms with van der Waals surface area (Å²) in [6, 6.07) is 0. The van der Waals surface area contributed by atoms with E-state index < -0.39 is 49.8 Å². The Hall–Kier alpha value is -3.08. The monoisotopic (exact) mass is 596 g/mol. The lowest BCUT2D eigenvalue weighted by molar-refractivity contribution is -0.0913. The van der Waals surface area contributed by atoms with Crippen LogP contribution in [-0.4, -0.2) is 90.4 Å². The van der Waals surface area contributed by atoms with Crippen molar-refractivity contribution in [2.45, 2.75) is 55.4 Å². The van der Waals surface area contributed by atoms with Crippen molar-refractivity contribution < 1.29 is 33.5 Å². The van der Waals surface area contributed by atoms with Gasteiger partial charge in [-0.2, -0.15) is 4.98 Å². The van der Waals surface area contributed by atoms with Gasteiger partial charge in [0.15, 0.2) is 28.9 Å². The van der Waals surface area contributed by atoms with E-state index in [0.717, 1.165) is 10.9 Å². The molecule has 214 valence electrons. The molecule has 0 aromatic carbocycles. The zero-order valence-electron chi connectivity index (χ0n) is 20.8. The van der Waals surface area contributed by atoms with Crippen molar-refractivity contribution in [3.8, 4) is 0 Å². The third kappa shape index (κ3) is 4.76. The van der Waals surface area contributed by atoms with E-state index >= 15 is 0 Å². The topological polar surface area (TPSA) is 265 Å². The van der Waals surface area contributed by atoms with E-state index in [1.54, 1.807) is 11.5 Å². The van der Waals surface area contributed by atoms with Crippen LogP contribution in [0.15, 0.2) is 23.8 Å². The summed E-state index contributed by atoms with van der Waals surface area (Å²) in [5.41, 5.74) is 10.8. The quantitative estimate of drug-likeness (QED) is 0.158. The fraction of sp³-hybridized carbons (Fsp3) is 0.500. The molecule has 2 fully saturated rings. The summed E-state index contributed by atoms with van der Waals surface area (Å²) in [4.78, 5) is 45.5. The number of phosphoric ester groups is 1. The number of aromatic amines is 1. The number of aliphatic hydroxyl groups excluding tert-OH is 2. The standard InChI is InChI=1S/C20H26N10O8P2/c1-7-12(31)13(18(33)29-5-26-11-16(29)27-20(22)28-17(11)32)38-40(34,35)36-3-8-2-9(39-7)19(37-8)30-6-25-10-14(21)23-4-24-15(10)30/h4-9,12-13,18-19,31,33,39H,2-3H2,1H3,(H,34,35)(H2,21,23,24)(H3,22,27,28,32)/t7?,8-,9?,12+,13+,18+,19+/m0/s1. The Morgan fingerprint density at radius 1 is 1.20 bits per heavy atom. The molecule has 6 rings (SSSR count). The molecule has 40 heavy (non-hydrogen) atoms. The van der Waals surface area contributed by atoms with Crippen LogP contribution in [0.5, 0.6) is 0 Å². The number of nitrogens with zero attached hydrogens (tertiary/aromatic N) is 7. The van der Waals surface area contributed by atoms with Crippen LogP contribution in [0.2, 0.25) is 0 Å². The van der Waals surface area contributed by atoms with Crippen LogP contribution >= 0.6 is 16.4 Å². The van der Waals surface area contributed by atoms with Gasteiger partial charge in [0.2, 0.25) is 5.95 Å². The van der Waals surface area contributed by atoms with Crippen molar-refractivity contribution in [2.24, 2.45) is 0 Å². The van der Waals surface area contributed by atoms with Crippen molar-refractivity contribution in [3.05, 3.63) is 29.3 Å². The first-order valence-electron chi connectivity index (χ1n) is 12.1. The number of nitrogens with two attached hydrogens (primary N) is 2. The van der Waals surface area contributed by atoms with Crippen LogP contribution in [0.3, 0.4) is 0 Å². The number of aliphatic hydroxyl groups is 2. The fourth-order valence-electron chi connectivity index (χ4n) is 4.99. The van der Waals surface area contributed by atoms with Gasteiger partial charge in [-0.15, -0.1) is 8.58 Å². The summed E-state index contributed by atoms with van der Waals surface area (Å²) < 4.78 is 32.4. The SMILES string of the molecule is CC1PC2C[C@@H](COP(=O)(O)O[C@@H]([C@@H](O)n3cnc4c(=O)[nH]c(N)nc43)[C@@H]1O)O[C@H]2n1cnc2c(N)ncnc21. The molecular formula is C20H26N10O8P2. The Morgan fingerprint density at radius 2 is 1.98 bits per heavy atom. The minimum Gasteiger partial charge on any atom is -0.390 e. The molecule has 2 bridgehead atoms. The van der Waals surface area contributed by atoms with E-state index in [2.05, 4.69) is 29.9 Å². The predicted octanol–water partition coefficient (Wildman–Crippen LogP) is -0.785. The van der Waals surface area contributed by atoms with Crippen molar-refractivity contribution in [1.82, 2.24) is 39.0 Å². The van der Waals surface area contributed by atoms with Gasteiger partial charge >= 0.3 is 7.82 Å². The van der Waals surface area contributed by atoms with Crippen LogP contribution in [0.4, 0.5) is 11.8 Å². The molecule has 0 aliphatic carbocycles. The largest absolute Gasteiger partial charge is 0.472 e. The molecule has 4 unspecified atom stereocenters. The highest BCUT2D eigenvalue weighted by Gasteiger charge is 2.45.